The number of nitrogens with zero attached hydrogens (tertiary/aromatic N) is 6. The van der Waals surface area contributed by atoms with Crippen molar-refractivity contribution in [2.45, 2.75) is 13.1 Å². The molecular formula is C19H23N7S. The first kappa shape index (κ1) is 17.5. The molecule has 2 N–H and O–H groups in total. The predicted octanol–water partition coefficient (Wildman–Crippen LogP) is 2.02. The van der Waals surface area contributed by atoms with Crippen molar-refractivity contribution in [1.29, 1.82) is 0 Å². The fourth-order valence-corrected chi connectivity index (χ4v) is 3.86. The molecule has 1 fully saturated rings. The number of hydrogen-bond acceptors (Lipinski definition) is 5. The third-order valence-electron chi connectivity index (χ3n) is 4.67. The molecule has 140 valence electrons. The molecule has 1 aliphatic heterocycles. The molecule has 0 atom stereocenters. The molecule has 27 heavy (non-hydrogen) atoms. The first-order valence-corrected chi connectivity index (χ1v) is 9.91. The van der Waals surface area contributed by atoms with Gasteiger partial charge in [0, 0.05) is 56.7 Å². The lowest BCUT2D eigenvalue weighted by Gasteiger charge is -2.35. The molecule has 3 aromatic rings. The molecule has 1 aromatic carbocycles. The average molecular weight is 382 g/mol. The molecule has 0 amide bonds. The van der Waals surface area contributed by atoms with Gasteiger partial charge in [0.1, 0.15) is 12.4 Å². The molecule has 0 aliphatic carbocycles. The Kier molecular flexibility index (Phi) is 5.34. The summed E-state index contributed by atoms with van der Waals surface area (Å²) in [6, 6.07) is 10.4. The van der Waals surface area contributed by atoms with E-state index < -0.39 is 0 Å². The molecule has 0 radical (unpaired) electrons. The smallest absolute Gasteiger partial charge is 0.191 e. The summed E-state index contributed by atoms with van der Waals surface area (Å²) in [5, 5.41) is 3.09. The number of piperazine rings is 1. The van der Waals surface area contributed by atoms with E-state index in [2.05, 4.69) is 41.5 Å². The maximum atomic E-state index is 6.24. The summed E-state index contributed by atoms with van der Waals surface area (Å²) in [4.78, 5) is 17.8. The summed E-state index contributed by atoms with van der Waals surface area (Å²) in [6.07, 6.45) is 5.65. The van der Waals surface area contributed by atoms with E-state index in [1.165, 1.54) is 5.56 Å². The van der Waals surface area contributed by atoms with Crippen LogP contribution in [0.1, 0.15) is 11.4 Å². The Bertz CT molecular complexity index is 865. The molecule has 7 nitrogen and oxygen atoms in total. The zero-order valence-electron chi connectivity index (χ0n) is 15.1. The topological polar surface area (TPSA) is 75.6 Å². The Morgan fingerprint density at radius 2 is 1.89 bits per heavy atom. The molecule has 0 unspecified atom stereocenters. The highest BCUT2D eigenvalue weighted by molar-refractivity contribution is 7.13. The van der Waals surface area contributed by atoms with Gasteiger partial charge in [0.05, 0.1) is 0 Å². The minimum atomic E-state index is 0.484. The van der Waals surface area contributed by atoms with E-state index in [0.717, 1.165) is 43.7 Å². The van der Waals surface area contributed by atoms with Crippen LogP contribution >= 0.6 is 11.3 Å². The molecule has 2 aromatic heterocycles. The minimum Gasteiger partial charge on any atom is -0.370 e. The van der Waals surface area contributed by atoms with Gasteiger partial charge in [0.15, 0.2) is 11.1 Å². The highest BCUT2D eigenvalue weighted by atomic mass is 32.1. The van der Waals surface area contributed by atoms with Crippen molar-refractivity contribution in [3.8, 4) is 0 Å². The van der Waals surface area contributed by atoms with Gasteiger partial charge in [0.25, 0.3) is 0 Å². The Labute approximate surface area is 162 Å². The first-order valence-electron chi connectivity index (χ1n) is 9.03. The number of guanidine groups is 1. The van der Waals surface area contributed by atoms with E-state index in [-0.39, 0.29) is 0 Å². The standard InChI is InChI=1S/C19H23N7S/c20-18(24-9-11-25(12-10-24)19-22-7-13-27-19)23-14-17-21-6-8-26(17)15-16-4-2-1-3-5-16/h1-8,13H,9-12,14-15H2,(H2,20,23). The third kappa shape index (κ3) is 4.28. The minimum absolute atomic E-state index is 0.484. The van der Waals surface area contributed by atoms with Gasteiger partial charge in [-0.3, -0.25) is 0 Å². The lowest BCUT2D eigenvalue weighted by atomic mass is 10.2. The van der Waals surface area contributed by atoms with Crippen LogP contribution in [0.25, 0.3) is 0 Å². The Hall–Kier alpha value is -2.87. The Morgan fingerprint density at radius 3 is 2.63 bits per heavy atom. The zero-order valence-corrected chi connectivity index (χ0v) is 15.9. The lowest BCUT2D eigenvalue weighted by molar-refractivity contribution is 0.380. The van der Waals surface area contributed by atoms with Crippen LogP contribution in [0.15, 0.2) is 59.3 Å². The van der Waals surface area contributed by atoms with Gasteiger partial charge < -0.3 is 20.1 Å². The van der Waals surface area contributed by atoms with Crippen LogP contribution in [0.3, 0.4) is 0 Å². The van der Waals surface area contributed by atoms with Crippen LogP contribution < -0.4 is 10.6 Å². The maximum absolute atomic E-state index is 6.24. The van der Waals surface area contributed by atoms with Gasteiger partial charge >= 0.3 is 0 Å². The fraction of sp³-hybridized carbons (Fsp3) is 0.316. The average Bonchev–Trinajstić information content (AvgIpc) is 3.39. The molecule has 3 heterocycles. The van der Waals surface area contributed by atoms with Gasteiger partial charge in [0.2, 0.25) is 0 Å². The lowest BCUT2D eigenvalue weighted by Crippen LogP contribution is -2.51. The van der Waals surface area contributed by atoms with Gasteiger partial charge in [-0.15, -0.1) is 11.3 Å². The fourth-order valence-electron chi connectivity index (χ4n) is 3.17. The third-order valence-corrected chi connectivity index (χ3v) is 5.51. The van der Waals surface area contributed by atoms with Crippen LogP contribution in [0, 0.1) is 0 Å². The van der Waals surface area contributed by atoms with Crippen LogP contribution in [-0.2, 0) is 13.1 Å². The molecule has 0 saturated carbocycles. The number of benzene rings is 1. The van der Waals surface area contributed by atoms with Gasteiger partial charge in [-0.1, -0.05) is 30.3 Å². The van der Waals surface area contributed by atoms with Crippen molar-refractivity contribution in [1.82, 2.24) is 19.4 Å². The van der Waals surface area contributed by atoms with Crippen molar-refractivity contribution >= 4 is 22.4 Å². The van der Waals surface area contributed by atoms with Crippen LogP contribution in [0.4, 0.5) is 5.13 Å². The quantitative estimate of drug-likeness (QED) is 0.541. The summed E-state index contributed by atoms with van der Waals surface area (Å²) in [7, 11) is 0. The maximum Gasteiger partial charge on any atom is 0.191 e. The highest BCUT2D eigenvalue weighted by Gasteiger charge is 2.19. The first-order chi connectivity index (χ1) is 13.3. The largest absolute Gasteiger partial charge is 0.370 e. The van der Waals surface area contributed by atoms with Crippen molar-refractivity contribution < 1.29 is 0 Å². The molecule has 1 aliphatic rings. The monoisotopic (exact) mass is 381 g/mol. The number of nitrogens with two attached hydrogens (primary N) is 1. The van der Waals surface area contributed by atoms with Crippen molar-refractivity contribution in [2.75, 3.05) is 31.1 Å². The summed E-state index contributed by atoms with van der Waals surface area (Å²) >= 11 is 1.67. The molecule has 0 spiro atoms. The summed E-state index contributed by atoms with van der Waals surface area (Å²) in [6.45, 7) is 4.80. The number of aromatic nitrogens is 3. The van der Waals surface area contributed by atoms with Gasteiger partial charge in [-0.05, 0) is 5.56 Å². The van der Waals surface area contributed by atoms with E-state index >= 15 is 0 Å². The summed E-state index contributed by atoms with van der Waals surface area (Å²) in [5.41, 5.74) is 7.48. The van der Waals surface area contributed by atoms with Gasteiger partial charge in [-0.25, -0.2) is 15.0 Å². The second-order valence-corrected chi connectivity index (χ2v) is 7.29. The van der Waals surface area contributed by atoms with Crippen LogP contribution in [-0.4, -0.2) is 51.6 Å². The number of imidazole rings is 1. The van der Waals surface area contributed by atoms with Crippen molar-refractivity contribution in [3.63, 3.8) is 0 Å². The highest BCUT2D eigenvalue weighted by Crippen LogP contribution is 2.18. The summed E-state index contributed by atoms with van der Waals surface area (Å²) in [5.74, 6) is 1.51. The number of hydrogen-bond donors (Lipinski definition) is 1. The van der Waals surface area contributed by atoms with E-state index in [4.69, 9.17) is 5.73 Å². The Balaban J connectivity index is 1.34. The second kappa shape index (κ2) is 8.22. The molecule has 8 heteroatoms. The molecule has 4 rings (SSSR count). The van der Waals surface area contributed by atoms with Crippen LogP contribution in [0.2, 0.25) is 0 Å². The van der Waals surface area contributed by atoms with E-state index in [0.29, 0.717) is 12.5 Å². The number of aliphatic imine (C=N–C) groups is 1. The number of rotatable bonds is 5. The Morgan fingerprint density at radius 1 is 1.07 bits per heavy atom. The SMILES string of the molecule is NC(=NCc1nccn1Cc1ccccc1)N1CCN(c2nccs2)CC1. The van der Waals surface area contributed by atoms with Gasteiger partial charge in [-0.2, -0.15) is 0 Å². The number of anilines is 1. The molecular weight excluding hydrogens is 358 g/mol. The van der Waals surface area contributed by atoms with E-state index in [9.17, 15) is 0 Å². The second-order valence-electron chi connectivity index (χ2n) is 6.42. The van der Waals surface area contributed by atoms with Crippen LogP contribution in [0.5, 0.6) is 0 Å². The summed E-state index contributed by atoms with van der Waals surface area (Å²) < 4.78 is 2.12. The molecule has 0 bridgehead atoms. The number of thiazole rings is 1. The zero-order chi connectivity index (χ0) is 18.5. The normalized spacial score (nSPS) is 15.3. The van der Waals surface area contributed by atoms with E-state index in [1.54, 1.807) is 11.3 Å². The molecule has 1 saturated heterocycles. The van der Waals surface area contributed by atoms with E-state index in [1.807, 2.05) is 42.2 Å². The van der Waals surface area contributed by atoms with Crippen molar-refractivity contribution in [3.05, 3.63) is 65.7 Å². The predicted molar refractivity (Wildman–Crippen MR) is 109 cm³/mol. The van der Waals surface area contributed by atoms with Crippen molar-refractivity contribution in [2.24, 2.45) is 10.7 Å².